The van der Waals surface area contributed by atoms with Crippen LogP contribution in [0.3, 0.4) is 0 Å². The second-order valence-electron chi connectivity index (χ2n) is 5.41. The van der Waals surface area contributed by atoms with Crippen LogP contribution in [0.2, 0.25) is 0 Å². The molecule has 0 unspecified atom stereocenters. The molecule has 0 saturated heterocycles. The van der Waals surface area contributed by atoms with Gasteiger partial charge in [0.15, 0.2) is 0 Å². The number of benzene rings is 1. The second kappa shape index (κ2) is 5.83. The molecule has 2 N–H and O–H groups in total. The molecule has 1 amide bonds. The van der Waals surface area contributed by atoms with Gasteiger partial charge in [0, 0.05) is 11.7 Å². The number of carbonyl (C=O) groups excluding carboxylic acids is 1. The Labute approximate surface area is 119 Å². The highest BCUT2D eigenvalue weighted by Gasteiger charge is 2.23. The molecule has 1 aromatic carbocycles. The normalized spacial score (nSPS) is 15.2. The summed E-state index contributed by atoms with van der Waals surface area (Å²) in [6.07, 6.45) is 2.47. The van der Waals surface area contributed by atoms with Crippen molar-refractivity contribution in [2.24, 2.45) is 0 Å². The number of nitrogens with one attached hydrogen (secondary N) is 2. The van der Waals surface area contributed by atoms with Crippen LogP contribution in [0.15, 0.2) is 24.3 Å². The van der Waals surface area contributed by atoms with Crippen LogP contribution < -0.4 is 10.0 Å². The summed E-state index contributed by atoms with van der Waals surface area (Å²) in [6.45, 7) is 3.25. The summed E-state index contributed by atoms with van der Waals surface area (Å²) < 4.78 is 25.9. The minimum Gasteiger partial charge on any atom is -0.353 e. The van der Waals surface area contributed by atoms with E-state index in [1.54, 1.807) is 38.1 Å². The van der Waals surface area contributed by atoms with E-state index in [9.17, 15) is 13.2 Å². The van der Waals surface area contributed by atoms with E-state index in [1.165, 1.54) is 0 Å². The summed E-state index contributed by atoms with van der Waals surface area (Å²) in [5.74, 6) is 0.0167. The fourth-order valence-corrected chi connectivity index (χ4v) is 2.36. The number of sulfonamides is 1. The predicted molar refractivity (Wildman–Crippen MR) is 79.0 cm³/mol. The first kappa shape index (κ1) is 14.8. The molecule has 0 heterocycles. The van der Waals surface area contributed by atoms with E-state index >= 15 is 0 Å². The molecule has 20 heavy (non-hydrogen) atoms. The topological polar surface area (TPSA) is 75.3 Å². The number of hydrogen-bond acceptors (Lipinski definition) is 3. The maximum atomic E-state index is 11.7. The predicted octanol–water partition coefficient (Wildman–Crippen LogP) is 1.66. The third-order valence-electron chi connectivity index (χ3n) is 3.14. The van der Waals surface area contributed by atoms with Gasteiger partial charge in [-0.2, -0.15) is 0 Å². The van der Waals surface area contributed by atoms with Crippen LogP contribution in [-0.2, 0) is 21.2 Å². The molecule has 6 heteroatoms. The quantitative estimate of drug-likeness (QED) is 0.838. The Hall–Kier alpha value is -1.56. The minimum atomic E-state index is -3.32. The summed E-state index contributed by atoms with van der Waals surface area (Å²) in [7, 11) is -3.32. The first-order valence-electron chi connectivity index (χ1n) is 6.77. The maximum Gasteiger partial charge on any atom is 0.235 e. The molecular weight excluding hydrogens is 276 g/mol. The molecule has 1 aliphatic carbocycles. The molecule has 2 rings (SSSR count). The number of amides is 1. The lowest BCUT2D eigenvalue weighted by Gasteiger charge is -2.11. The smallest absolute Gasteiger partial charge is 0.235 e. The zero-order chi connectivity index (χ0) is 14.8. The first-order chi connectivity index (χ1) is 9.37. The van der Waals surface area contributed by atoms with Crippen molar-refractivity contribution in [3.05, 3.63) is 29.8 Å². The molecule has 0 radical (unpaired) electrons. The zero-order valence-electron chi connectivity index (χ0n) is 11.7. The van der Waals surface area contributed by atoms with E-state index in [4.69, 9.17) is 0 Å². The average Bonchev–Trinajstić information content (AvgIpc) is 3.15. The Morgan fingerprint density at radius 1 is 1.25 bits per heavy atom. The van der Waals surface area contributed by atoms with Crippen molar-refractivity contribution in [2.75, 3.05) is 4.72 Å². The van der Waals surface area contributed by atoms with E-state index in [2.05, 4.69) is 10.0 Å². The third-order valence-corrected chi connectivity index (χ3v) is 4.90. The Balaban J connectivity index is 1.93. The van der Waals surface area contributed by atoms with Crippen molar-refractivity contribution in [3.8, 4) is 0 Å². The Morgan fingerprint density at radius 3 is 2.35 bits per heavy atom. The Bertz CT molecular complexity index is 575. The number of anilines is 1. The standard InChI is InChI=1S/C14H20N2O3S/c1-10(2)20(18,19)16-13-5-3-11(4-6-13)9-14(17)15-12-7-8-12/h3-6,10,12,16H,7-9H2,1-2H3,(H,15,17). The van der Waals surface area contributed by atoms with Crippen LogP contribution in [0.25, 0.3) is 0 Å². The van der Waals surface area contributed by atoms with Crippen LogP contribution >= 0.6 is 0 Å². The molecule has 0 bridgehead atoms. The molecular formula is C14H20N2O3S. The van der Waals surface area contributed by atoms with Gasteiger partial charge in [-0.15, -0.1) is 0 Å². The number of hydrogen-bond donors (Lipinski definition) is 2. The van der Waals surface area contributed by atoms with Crippen molar-refractivity contribution in [1.29, 1.82) is 0 Å². The highest BCUT2D eigenvalue weighted by Crippen LogP contribution is 2.19. The van der Waals surface area contributed by atoms with E-state index in [-0.39, 0.29) is 5.91 Å². The lowest BCUT2D eigenvalue weighted by molar-refractivity contribution is -0.120. The molecule has 0 aromatic heterocycles. The lowest BCUT2D eigenvalue weighted by atomic mass is 10.1. The number of rotatable bonds is 6. The van der Waals surface area contributed by atoms with Crippen molar-refractivity contribution < 1.29 is 13.2 Å². The summed E-state index contributed by atoms with van der Waals surface area (Å²) in [5.41, 5.74) is 1.39. The van der Waals surface area contributed by atoms with E-state index in [0.29, 0.717) is 18.2 Å². The van der Waals surface area contributed by atoms with E-state index in [0.717, 1.165) is 18.4 Å². The van der Waals surface area contributed by atoms with Gasteiger partial charge in [0.1, 0.15) is 0 Å². The Morgan fingerprint density at radius 2 is 1.85 bits per heavy atom. The van der Waals surface area contributed by atoms with Gasteiger partial charge >= 0.3 is 0 Å². The molecule has 1 saturated carbocycles. The van der Waals surface area contributed by atoms with Crippen LogP contribution in [0.1, 0.15) is 32.3 Å². The number of carbonyl (C=O) groups is 1. The van der Waals surface area contributed by atoms with Crippen LogP contribution in [0.4, 0.5) is 5.69 Å². The van der Waals surface area contributed by atoms with Gasteiger partial charge < -0.3 is 5.32 Å². The van der Waals surface area contributed by atoms with Crippen LogP contribution in [0, 0.1) is 0 Å². The maximum absolute atomic E-state index is 11.7. The van der Waals surface area contributed by atoms with E-state index < -0.39 is 15.3 Å². The molecule has 1 aliphatic rings. The fraction of sp³-hybridized carbons (Fsp3) is 0.500. The second-order valence-corrected chi connectivity index (χ2v) is 7.65. The third kappa shape index (κ3) is 4.23. The van der Waals surface area contributed by atoms with Crippen LogP contribution in [-0.4, -0.2) is 25.6 Å². The Kier molecular flexibility index (Phi) is 4.32. The van der Waals surface area contributed by atoms with Gasteiger partial charge in [0.05, 0.1) is 11.7 Å². The molecule has 0 aliphatic heterocycles. The average molecular weight is 296 g/mol. The molecule has 1 fully saturated rings. The van der Waals surface area contributed by atoms with Crippen molar-refractivity contribution in [2.45, 2.75) is 44.4 Å². The summed E-state index contributed by atoms with van der Waals surface area (Å²) in [5, 5.41) is 2.44. The lowest BCUT2D eigenvalue weighted by Crippen LogP contribution is -2.27. The highest BCUT2D eigenvalue weighted by atomic mass is 32.2. The summed E-state index contributed by atoms with van der Waals surface area (Å²) in [6, 6.07) is 7.26. The van der Waals surface area contributed by atoms with Gasteiger partial charge in [-0.1, -0.05) is 12.1 Å². The molecule has 5 nitrogen and oxygen atoms in total. The van der Waals surface area contributed by atoms with Crippen LogP contribution in [0.5, 0.6) is 0 Å². The minimum absolute atomic E-state index is 0.0167. The first-order valence-corrected chi connectivity index (χ1v) is 8.31. The van der Waals surface area contributed by atoms with Crippen molar-refractivity contribution >= 4 is 21.6 Å². The summed E-state index contributed by atoms with van der Waals surface area (Å²) in [4.78, 5) is 11.6. The molecule has 1 aromatic rings. The van der Waals surface area contributed by atoms with Crippen molar-refractivity contribution in [3.63, 3.8) is 0 Å². The molecule has 0 spiro atoms. The molecule has 110 valence electrons. The highest BCUT2D eigenvalue weighted by molar-refractivity contribution is 7.93. The monoisotopic (exact) mass is 296 g/mol. The van der Waals surface area contributed by atoms with Gasteiger partial charge in [-0.3, -0.25) is 9.52 Å². The summed E-state index contributed by atoms with van der Waals surface area (Å²) >= 11 is 0. The zero-order valence-corrected chi connectivity index (χ0v) is 12.5. The van der Waals surface area contributed by atoms with Gasteiger partial charge in [0.25, 0.3) is 0 Å². The van der Waals surface area contributed by atoms with Gasteiger partial charge in [0.2, 0.25) is 15.9 Å². The van der Waals surface area contributed by atoms with Gasteiger partial charge in [-0.25, -0.2) is 8.42 Å². The van der Waals surface area contributed by atoms with Gasteiger partial charge in [-0.05, 0) is 44.4 Å². The fourth-order valence-electron chi connectivity index (χ4n) is 1.66. The van der Waals surface area contributed by atoms with Crippen molar-refractivity contribution in [1.82, 2.24) is 5.32 Å². The SMILES string of the molecule is CC(C)S(=O)(=O)Nc1ccc(CC(=O)NC2CC2)cc1. The van der Waals surface area contributed by atoms with E-state index in [1.807, 2.05) is 0 Å². The molecule has 0 atom stereocenters. The largest absolute Gasteiger partial charge is 0.353 e.